The molecule has 3 rings (SSSR count). The Morgan fingerprint density at radius 1 is 1.50 bits per heavy atom. The van der Waals surface area contributed by atoms with Crippen molar-refractivity contribution in [3.05, 3.63) is 12.2 Å². The van der Waals surface area contributed by atoms with Crippen molar-refractivity contribution in [2.45, 2.75) is 26.3 Å². The fourth-order valence-electron chi connectivity index (χ4n) is 2.86. The summed E-state index contributed by atoms with van der Waals surface area (Å²) in [4.78, 5) is 25.3. The van der Waals surface area contributed by atoms with Gasteiger partial charge in [-0.05, 0) is 13.3 Å². The molecule has 100 valence electrons. The van der Waals surface area contributed by atoms with Crippen molar-refractivity contribution in [1.29, 1.82) is 0 Å². The zero-order valence-corrected chi connectivity index (χ0v) is 11.0. The van der Waals surface area contributed by atoms with Crippen LogP contribution in [0.15, 0.2) is 12.2 Å². The van der Waals surface area contributed by atoms with E-state index in [9.17, 15) is 9.59 Å². The van der Waals surface area contributed by atoms with Gasteiger partial charge in [-0.3, -0.25) is 4.79 Å². The van der Waals surface area contributed by atoms with Crippen LogP contribution in [0.5, 0.6) is 0 Å². The number of carbonyl (C=O) groups excluding carboxylic acids is 2. The molecule has 18 heavy (non-hydrogen) atoms. The van der Waals surface area contributed by atoms with E-state index in [4.69, 9.17) is 9.47 Å². The van der Waals surface area contributed by atoms with Gasteiger partial charge in [0, 0.05) is 12.0 Å². The molecule has 5 nitrogen and oxygen atoms in total. The van der Waals surface area contributed by atoms with E-state index in [1.807, 2.05) is 13.0 Å². The van der Waals surface area contributed by atoms with Crippen molar-refractivity contribution < 1.29 is 19.1 Å². The van der Waals surface area contributed by atoms with E-state index in [1.54, 1.807) is 11.8 Å². The molecule has 3 unspecified atom stereocenters. The molecule has 2 aliphatic heterocycles. The first-order valence-corrected chi connectivity index (χ1v) is 6.21. The summed E-state index contributed by atoms with van der Waals surface area (Å²) in [7, 11) is 1.38. The second-order valence-corrected chi connectivity index (χ2v) is 5.16. The van der Waals surface area contributed by atoms with Crippen LogP contribution in [0.25, 0.3) is 0 Å². The summed E-state index contributed by atoms with van der Waals surface area (Å²) in [6.07, 6.45) is 4.38. The highest BCUT2D eigenvalue weighted by atomic mass is 16.6. The van der Waals surface area contributed by atoms with Gasteiger partial charge in [-0.1, -0.05) is 19.1 Å². The predicted molar refractivity (Wildman–Crippen MR) is 64.9 cm³/mol. The molecule has 3 atom stereocenters. The molecule has 2 bridgehead atoms. The lowest BCUT2D eigenvalue weighted by Gasteiger charge is -2.49. The summed E-state index contributed by atoms with van der Waals surface area (Å²) in [6.45, 7) is 4.75. The average Bonchev–Trinajstić information content (AvgIpc) is 2.37. The Morgan fingerprint density at radius 2 is 2.22 bits per heavy atom. The first kappa shape index (κ1) is 12.9. The number of ether oxygens (including phenoxy) is 2. The van der Waals surface area contributed by atoms with Crippen LogP contribution in [0.3, 0.4) is 0 Å². The molecule has 1 amide bonds. The molecule has 0 aromatic heterocycles. The highest BCUT2D eigenvalue weighted by molar-refractivity contribution is 5.77. The Bertz CT molecular complexity index is 392. The summed E-state index contributed by atoms with van der Waals surface area (Å²) in [6, 6.07) is -0.238. The number of amides is 1. The quantitative estimate of drug-likeness (QED) is 0.554. The summed E-state index contributed by atoms with van der Waals surface area (Å²) in [5.41, 5.74) is -0.166. The van der Waals surface area contributed by atoms with E-state index in [0.717, 1.165) is 6.42 Å². The zero-order valence-electron chi connectivity index (χ0n) is 11.0. The van der Waals surface area contributed by atoms with E-state index < -0.39 is 0 Å². The highest BCUT2D eigenvalue weighted by Gasteiger charge is 2.49. The van der Waals surface area contributed by atoms with Crippen molar-refractivity contribution >= 4 is 12.1 Å². The number of esters is 1. The molecular formula is C13H19NO4. The predicted octanol–water partition coefficient (Wildman–Crippen LogP) is 1.58. The smallest absolute Gasteiger partial charge is 0.410 e. The topological polar surface area (TPSA) is 55.8 Å². The van der Waals surface area contributed by atoms with Gasteiger partial charge in [0.25, 0.3) is 0 Å². The summed E-state index contributed by atoms with van der Waals surface area (Å²) in [5.74, 6) is -0.548. The Morgan fingerprint density at radius 3 is 2.78 bits per heavy atom. The van der Waals surface area contributed by atoms with Gasteiger partial charge >= 0.3 is 12.1 Å². The lowest BCUT2D eigenvalue weighted by atomic mass is 9.68. The fourth-order valence-corrected chi connectivity index (χ4v) is 2.86. The van der Waals surface area contributed by atoms with Crippen molar-refractivity contribution in [3.63, 3.8) is 0 Å². The van der Waals surface area contributed by atoms with E-state index in [1.165, 1.54) is 7.11 Å². The van der Waals surface area contributed by atoms with Gasteiger partial charge in [-0.2, -0.15) is 0 Å². The molecule has 0 aromatic carbocycles. The second-order valence-electron chi connectivity index (χ2n) is 5.16. The molecule has 1 aliphatic carbocycles. The van der Waals surface area contributed by atoms with E-state index in [2.05, 4.69) is 6.08 Å². The Hall–Kier alpha value is -1.52. The van der Waals surface area contributed by atoms with Gasteiger partial charge in [0.1, 0.15) is 0 Å². The third-order valence-electron chi connectivity index (χ3n) is 3.69. The normalized spacial score (nSPS) is 33.4. The number of methoxy groups -OCH3 is 1. The van der Waals surface area contributed by atoms with Gasteiger partial charge < -0.3 is 14.4 Å². The lowest BCUT2D eigenvalue weighted by Crippen LogP contribution is -2.58. The van der Waals surface area contributed by atoms with Gasteiger partial charge in [0.2, 0.25) is 0 Å². The molecule has 1 fully saturated rings. The maximum Gasteiger partial charge on any atom is 0.410 e. The lowest BCUT2D eigenvalue weighted by molar-refractivity contribution is -0.150. The maximum atomic E-state index is 11.9. The number of hydrogen-bond donors (Lipinski definition) is 0. The average molecular weight is 253 g/mol. The summed E-state index contributed by atoms with van der Waals surface area (Å²) in [5, 5.41) is 0. The monoisotopic (exact) mass is 253 g/mol. The molecule has 0 N–H and O–H groups in total. The van der Waals surface area contributed by atoms with Crippen LogP contribution < -0.4 is 0 Å². The second kappa shape index (κ2) is 4.63. The van der Waals surface area contributed by atoms with Crippen LogP contribution in [0.1, 0.15) is 20.3 Å². The standard InChI is InChI=1S/C13H19NO4/c1-4-18-12(16)14-8-13(2)6-5-10(14)9(7-13)11(15)17-3/h5-6,9-10H,4,7-8H2,1-3H3. The Labute approximate surface area is 107 Å². The van der Waals surface area contributed by atoms with E-state index in [-0.39, 0.29) is 29.4 Å². The summed E-state index contributed by atoms with van der Waals surface area (Å²) >= 11 is 0. The van der Waals surface area contributed by atoms with Crippen molar-refractivity contribution in [2.24, 2.45) is 11.3 Å². The highest BCUT2D eigenvalue weighted by Crippen LogP contribution is 2.43. The number of nitrogens with zero attached hydrogens (tertiary/aromatic N) is 1. The number of carbonyl (C=O) groups is 2. The van der Waals surface area contributed by atoms with Gasteiger partial charge in [-0.15, -0.1) is 0 Å². The first-order valence-electron chi connectivity index (χ1n) is 6.21. The van der Waals surface area contributed by atoms with Crippen molar-refractivity contribution in [1.82, 2.24) is 4.90 Å². The van der Waals surface area contributed by atoms with Crippen LogP contribution in [-0.4, -0.2) is 43.3 Å². The van der Waals surface area contributed by atoms with Gasteiger partial charge in [0.15, 0.2) is 0 Å². The SMILES string of the molecule is CCOC(=O)N1CC2(C)C=CC1C(C(=O)OC)C2. The Kier molecular flexibility index (Phi) is 3.32. The number of piperidine rings is 1. The molecule has 5 heteroatoms. The first-order chi connectivity index (χ1) is 8.50. The molecule has 2 heterocycles. The molecule has 0 spiro atoms. The third-order valence-corrected chi connectivity index (χ3v) is 3.69. The van der Waals surface area contributed by atoms with E-state index in [0.29, 0.717) is 13.2 Å². The van der Waals surface area contributed by atoms with Crippen LogP contribution >= 0.6 is 0 Å². The minimum absolute atomic E-state index is 0.166. The number of hydrogen-bond acceptors (Lipinski definition) is 4. The van der Waals surface area contributed by atoms with Crippen molar-refractivity contribution in [2.75, 3.05) is 20.3 Å². The van der Waals surface area contributed by atoms with Gasteiger partial charge in [0.05, 0.1) is 25.7 Å². The zero-order chi connectivity index (χ0) is 13.3. The van der Waals surface area contributed by atoms with Crippen LogP contribution in [0.4, 0.5) is 4.79 Å². The maximum absolute atomic E-state index is 11.9. The van der Waals surface area contributed by atoms with Crippen LogP contribution in [0.2, 0.25) is 0 Å². The fraction of sp³-hybridized carbons (Fsp3) is 0.692. The Balaban J connectivity index is 2.23. The summed E-state index contributed by atoms with van der Waals surface area (Å²) < 4.78 is 9.87. The molecule has 3 aliphatic rings. The molecule has 0 aromatic rings. The largest absolute Gasteiger partial charge is 0.469 e. The van der Waals surface area contributed by atoms with Gasteiger partial charge in [-0.25, -0.2) is 4.79 Å². The van der Waals surface area contributed by atoms with Crippen LogP contribution in [0, 0.1) is 11.3 Å². The number of rotatable bonds is 2. The minimum Gasteiger partial charge on any atom is -0.469 e. The molecule has 0 radical (unpaired) electrons. The molecular weight excluding hydrogens is 234 g/mol. The minimum atomic E-state index is -0.355. The number of fused-ring (bicyclic) bond motifs is 2. The van der Waals surface area contributed by atoms with E-state index >= 15 is 0 Å². The van der Waals surface area contributed by atoms with Crippen molar-refractivity contribution in [3.8, 4) is 0 Å². The molecule has 0 saturated carbocycles. The third kappa shape index (κ3) is 2.09. The van der Waals surface area contributed by atoms with Crippen LogP contribution in [-0.2, 0) is 14.3 Å². The molecule has 1 saturated heterocycles.